The summed E-state index contributed by atoms with van der Waals surface area (Å²) in [5.41, 5.74) is 2.23. The lowest BCUT2D eigenvalue weighted by Crippen LogP contribution is -2.14. The number of aryl methyl sites for hydroxylation is 1. The smallest absolute Gasteiger partial charge is 0.134 e. The third kappa shape index (κ3) is 4.05. The van der Waals surface area contributed by atoms with Crippen LogP contribution in [0.3, 0.4) is 0 Å². The van der Waals surface area contributed by atoms with E-state index in [0.717, 1.165) is 46.6 Å². The van der Waals surface area contributed by atoms with Gasteiger partial charge in [0.05, 0.1) is 0 Å². The molecular formula is C16H19BrN2O. The van der Waals surface area contributed by atoms with E-state index in [0.29, 0.717) is 0 Å². The van der Waals surface area contributed by atoms with Crippen LogP contribution in [-0.2, 0) is 6.54 Å². The van der Waals surface area contributed by atoms with Gasteiger partial charge >= 0.3 is 0 Å². The molecular weight excluding hydrogens is 316 g/mol. The van der Waals surface area contributed by atoms with Gasteiger partial charge in [0, 0.05) is 29.0 Å². The maximum atomic E-state index is 5.98. The van der Waals surface area contributed by atoms with E-state index in [1.54, 1.807) is 6.20 Å². The second-order valence-electron chi connectivity index (χ2n) is 4.67. The number of ether oxygens (including phenoxy) is 1. The van der Waals surface area contributed by atoms with Gasteiger partial charge < -0.3 is 10.1 Å². The van der Waals surface area contributed by atoms with E-state index in [1.807, 2.05) is 37.4 Å². The second-order valence-corrected chi connectivity index (χ2v) is 5.53. The van der Waals surface area contributed by atoms with Crippen LogP contribution in [0.15, 0.2) is 41.1 Å². The SMILES string of the molecule is CCCNCc1cnccc1Oc1ccc(Br)c(C)c1. The highest BCUT2D eigenvalue weighted by Gasteiger charge is 2.05. The van der Waals surface area contributed by atoms with Crippen LogP contribution in [-0.4, -0.2) is 11.5 Å². The van der Waals surface area contributed by atoms with Gasteiger partial charge in [-0.1, -0.05) is 22.9 Å². The number of hydrogen-bond acceptors (Lipinski definition) is 3. The van der Waals surface area contributed by atoms with E-state index in [9.17, 15) is 0 Å². The van der Waals surface area contributed by atoms with Crippen LogP contribution < -0.4 is 10.1 Å². The van der Waals surface area contributed by atoms with Crippen molar-refractivity contribution in [1.29, 1.82) is 0 Å². The van der Waals surface area contributed by atoms with Gasteiger partial charge in [-0.2, -0.15) is 0 Å². The molecule has 0 unspecified atom stereocenters. The van der Waals surface area contributed by atoms with Gasteiger partial charge in [-0.3, -0.25) is 4.98 Å². The van der Waals surface area contributed by atoms with Gasteiger partial charge in [0.25, 0.3) is 0 Å². The summed E-state index contributed by atoms with van der Waals surface area (Å²) in [6, 6.07) is 7.88. The van der Waals surface area contributed by atoms with Gasteiger partial charge in [-0.25, -0.2) is 0 Å². The van der Waals surface area contributed by atoms with Gasteiger partial charge in [0.1, 0.15) is 11.5 Å². The normalized spacial score (nSPS) is 10.6. The number of nitrogens with one attached hydrogen (secondary N) is 1. The Morgan fingerprint density at radius 3 is 2.90 bits per heavy atom. The van der Waals surface area contributed by atoms with Crippen molar-refractivity contribution in [1.82, 2.24) is 10.3 Å². The first kappa shape index (κ1) is 15.0. The Kier molecular flexibility index (Phi) is 5.56. The molecule has 1 N–H and O–H groups in total. The molecule has 0 amide bonds. The lowest BCUT2D eigenvalue weighted by molar-refractivity contribution is 0.471. The molecule has 106 valence electrons. The number of rotatable bonds is 6. The summed E-state index contributed by atoms with van der Waals surface area (Å²) in [7, 11) is 0. The van der Waals surface area contributed by atoms with Crippen LogP contribution in [0.2, 0.25) is 0 Å². The quantitative estimate of drug-likeness (QED) is 0.792. The minimum atomic E-state index is 0.770. The Morgan fingerprint density at radius 2 is 2.15 bits per heavy atom. The molecule has 20 heavy (non-hydrogen) atoms. The van der Waals surface area contributed by atoms with Crippen molar-refractivity contribution < 1.29 is 4.74 Å². The fraction of sp³-hybridized carbons (Fsp3) is 0.312. The van der Waals surface area contributed by atoms with Crippen molar-refractivity contribution in [2.45, 2.75) is 26.8 Å². The average Bonchev–Trinajstić information content (AvgIpc) is 2.45. The fourth-order valence-corrected chi connectivity index (χ4v) is 2.10. The molecule has 0 fully saturated rings. The molecule has 1 aromatic carbocycles. The first-order valence-electron chi connectivity index (χ1n) is 6.78. The van der Waals surface area contributed by atoms with E-state index >= 15 is 0 Å². The van der Waals surface area contributed by atoms with E-state index in [4.69, 9.17) is 4.74 Å². The first-order chi connectivity index (χ1) is 9.70. The average molecular weight is 335 g/mol. The Labute approximate surface area is 128 Å². The number of pyridine rings is 1. The predicted octanol–water partition coefficient (Wildman–Crippen LogP) is 4.44. The van der Waals surface area contributed by atoms with E-state index in [-0.39, 0.29) is 0 Å². The van der Waals surface area contributed by atoms with Crippen molar-refractivity contribution in [3.63, 3.8) is 0 Å². The highest BCUT2D eigenvalue weighted by atomic mass is 79.9. The Bertz CT molecular complexity index is 572. The molecule has 0 saturated heterocycles. The number of hydrogen-bond donors (Lipinski definition) is 1. The standard InChI is InChI=1S/C16H19BrN2O/c1-3-7-18-10-13-11-19-8-6-16(13)20-14-4-5-15(17)12(2)9-14/h4-6,8-9,11,18H,3,7,10H2,1-2H3. The van der Waals surface area contributed by atoms with Crippen LogP contribution in [0.4, 0.5) is 0 Å². The van der Waals surface area contributed by atoms with Crippen LogP contribution >= 0.6 is 15.9 Å². The molecule has 2 aromatic rings. The molecule has 0 aliphatic carbocycles. The highest BCUT2D eigenvalue weighted by molar-refractivity contribution is 9.10. The second kappa shape index (κ2) is 7.41. The minimum absolute atomic E-state index is 0.770. The van der Waals surface area contributed by atoms with Crippen molar-refractivity contribution in [3.8, 4) is 11.5 Å². The molecule has 2 rings (SSSR count). The molecule has 1 heterocycles. The third-order valence-electron chi connectivity index (χ3n) is 2.96. The molecule has 1 aromatic heterocycles. The van der Waals surface area contributed by atoms with Crippen LogP contribution in [0.25, 0.3) is 0 Å². The van der Waals surface area contributed by atoms with Crippen molar-refractivity contribution in [2.24, 2.45) is 0 Å². The monoisotopic (exact) mass is 334 g/mol. The first-order valence-corrected chi connectivity index (χ1v) is 7.57. The summed E-state index contributed by atoms with van der Waals surface area (Å²) in [5, 5.41) is 3.37. The molecule has 0 saturated carbocycles. The summed E-state index contributed by atoms with van der Waals surface area (Å²) >= 11 is 3.50. The predicted molar refractivity (Wildman–Crippen MR) is 85.2 cm³/mol. The number of nitrogens with zero attached hydrogens (tertiary/aromatic N) is 1. The zero-order valence-corrected chi connectivity index (χ0v) is 13.4. The van der Waals surface area contributed by atoms with E-state index in [1.165, 1.54) is 0 Å². The fourth-order valence-electron chi connectivity index (χ4n) is 1.85. The summed E-state index contributed by atoms with van der Waals surface area (Å²) < 4.78 is 7.06. The Hall–Kier alpha value is -1.39. The lowest BCUT2D eigenvalue weighted by atomic mass is 10.2. The zero-order valence-electron chi connectivity index (χ0n) is 11.8. The van der Waals surface area contributed by atoms with Gasteiger partial charge in [0.15, 0.2) is 0 Å². The highest BCUT2D eigenvalue weighted by Crippen LogP contribution is 2.27. The maximum Gasteiger partial charge on any atom is 0.134 e. The molecule has 0 aliphatic rings. The maximum absolute atomic E-state index is 5.98. The molecule has 0 atom stereocenters. The van der Waals surface area contributed by atoms with Crippen LogP contribution in [0.1, 0.15) is 24.5 Å². The molecule has 4 heteroatoms. The molecule has 0 bridgehead atoms. The Balaban J connectivity index is 2.13. The van der Waals surface area contributed by atoms with Gasteiger partial charge in [0.2, 0.25) is 0 Å². The largest absolute Gasteiger partial charge is 0.457 e. The van der Waals surface area contributed by atoms with Crippen LogP contribution in [0, 0.1) is 6.92 Å². The molecule has 3 nitrogen and oxygen atoms in total. The zero-order chi connectivity index (χ0) is 14.4. The summed E-state index contributed by atoms with van der Waals surface area (Å²) in [5.74, 6) is 1.69. The molecule has 0 spiro atoms. The number of benzene rings is 1. The van der Waals surface area contributed by atoms with E-state index in [2.05, 4.69) is 33.2 Å². The van der Waals surface area contributed by atoms with Crippen molar-refractivity contribution >= 4 is 15.9 Å². The van der Waals surface area contributed by atoms with Crippen molar-refractivity contribution in [2.75, 3.05) is 6.54 Å². The number of halogens is 1. The van der Waals surface area contributed by atoms with E-state index < -0.39 is 0 Å². The summed E-state index contributed by atoms with van der Waals surface area (Å²) in [6.45, 7) is 5.96. The third-order valence-corrected chi connectivity index (χ3v) is 3.85. The molecule has 0 radical (unpaired) electrons. The van der Waals surface area contributed by atoms with Crippen molar-refractivity contribution in [3.05, 3.63) is 52.3 Å². The number of aromatic nitrogens is 1. The van der Waals surface area contributed by atoms with Gasteiger partial charge in [-0.15, -0.1) is 0 Å². The minimum Gasteiger partial charge on any atom is -0.457 e. The Morgan fingerprint density at radius 1 is 1.30 bits per heavy atom. The van der Waals surface area contributed by atoms with Gasteiger partial charge in [-0.05, 0) is 49.7 Å². The summed E-state index contributed by atoms with van der Waals surface area (Å²) in [4.78, 5) is 4.17. The molecule has 0 aliphatic heterocycles. The summed E-state index contributed by atoms with van der Waals surface area (Å²) in [6.07, 6.45) is 4.72. The van der Waals surface area contributed by atoms with Crippen LogP contribution in [0.5, 0.6) is 11.5 Å². The topological polar surface area (TPSA) is 34.2 Å². The lowest BCUT2D eigenvalue weighted by Gasteiger charge is -2.12.